The minimum atomic E-state index is -0.107. The first-order chi connectivity index (χ1) is 12.1. The first kappa shape index (κ1) is 16.9. The Morgan fingerprint density at radius 2 is 1.88 bits per heavy atom. The Labute approximate surface area is 146 Å². The molecule has 1 amide bonds. The van der Waals surface area contributed by atoms with Crippen LogP contribution >= 0.6 is 0 Å². The zero-order chi connectivity index (χ0) is 17.8. The van der Waals surface area contributed by atoms with Gasteiger partial charge in [-0.3, -0.25) is 14.3 Å². The van der Waals surface area contributed by atoms with Gasteiger partial charge < -0.3 is 5.32 Å². The standard InChI is InChI=1S/C20H21N3O2/c1-14-7-3-4-8-16(14)15(2)22-20(25)11-12-23-18-10-6-5-9-17(18)19(24)13-21-23/h3-10,13,15H,11-12H2,1-2H3,(H,22,25). The predicted octanol–water partition coefficient (Wildman–Crippen LogP) is 2.97. The van der Waals surface area contributed by atoms with Crippen LogP contribution in [0.4, 0.5) is 0 Å². The highest BCUT2D eigenvalue weighted by atomic mass is 16.1. The van der Waals surface area contributed by atoms with E-state index >= 15 is 0 Å². The molecule has 3 rings (SSSR count). The van der Waals surface area contributed by atoms with Crippen LogP contribution in [0.2, 0.25) is 0 Å². The summed E-state index contributed by atoms with van der Waals surface area (Å²) in [5.41, 5.74) is 2.91. The molecule has 0 saturated carbocycles. The molecule has 0 aliphatic carbocycles. The fraction of sp³-hybridized carbons (Fsp3) is 0.250. The van der Waals surface area contributed by atoms with Crippen LogP contribution in [0.3, 0.4) is 0 Å². The number of nitrogens with one attached hydrogen (secondary N) is 1. The van der Waals surface area contributed by atoms with Crippen molar-refractivity contribution in [2.75, 3.05) is 0 Å². The number of carbonyl (C=O) groups excluding carboxylic acids is 1. The highest BCUT2D eigenvalue weighted by Crippen LogP contribution is 2.16. The summed E-state index contributed by atoms with van der Waals surface area (Å²) in [5, 5.41) is 7.80. The van der Waals surface area contributed by atoms with Gasteiger partial charge in [0.25, 0.3) is 0 Å². The van der Waals surface area contributed by atoms with Gasteiger partial charge in [-0.15, -0.1) is 0 Å². The summed E-state index contributed by atoms with van der Waals surface area (Å²) in [7, 11) is 0. The van der Waals surface area contributed by atoms with Gasteiger partial charge in [0.05, 0.1) is 24.3 Å². The van der Waals surface area contributed by atoms with E-state index in [1.54, 1.807) is 10.7 Å². The molecule has 1 heterocycles. The Morgan fingerprint density at radius 3 is 2.68 bits per heavy atom. The van der Waals surface area contributed by atoms with Crippen LogP contribution in [0.15, 0.2) is 59.5 Å². The van der Waals surface area contributed by atoms with E-state index in [-0.39, 0.29) is 17.4 Å². The summed E-state index contributed by atoms with van der Waals surface area (Å²) < 4.78 is 1.70. The Morgan fingerprint density at radius 1 is 1.16 bits per heavy atom. The van der Waals surface area contributed by atoms with E-state index in [9.17, 15) is 9.59 Å². The molecule has 128 valence electrons. The third-order valence-electron chi connectivity index (χ3n) is 4.35. The molecule has 5 heteroatoms. The monoisotopic (exact) mass is 335 g/mol. The minimum Gasteiger partial charge on any atom is -0.350 e. The van der Waals surface area contributed by atoms with Crippen LogP contribution in [-0.2, 0) is 11.3 Å². The van der Waals surface area contributed by atoms with Crippen molar-refractivity contribution < 1.29 is 4.79 Å². The highest BCUT2D eigenvalue weighted by molar-refractivity contribution is 5.79. The van der Waals surface area contributed by atoms with E-state index in [1.807, 2.05) is 56.3 Å². The number of rotatable bonds is 5. The molecule has 1 aromatic heterocycles. The van der Waals surface area contributed by atoms with Crippen molar-refractivity contribution >= 4 is 16.8 Å². The maximum absolute atomic E-state index is 12.3. The molecule has 2 aromatic carbocycles. The van der Waals surface area contributed by atoms with Crippen LogP contribution in [-0.4, -0.2) is 15.7 Å². The lowest BCUT2D eigenvalue weighted by atomic mass is 10.0. The quantitative estimate of drug-likeness (QED) is 0.779. The average molecular weight is 335 g/mol. The number of benzene rings is 2. The summed E-state index contributed by atoms with van der Waals surface area (Å²) in [6, 6.07) is 15.3. The van der Waals surface area contributed by atoms with Gasteiger partial charge in [0.2, 0.25) is 11.3 Å². The van der Waals surface area contributed by atoms with Crippen molar-refractivity contribution in [2.45, 2.75) is 32.9 Å². The van der Waals surface area contributed by atoms with Crippen LogP contribution < -0.4 is 10.7 Å². The van der Waals surface area contributed by atoms with Crippen molar-refractivity contribution in [3.63, 3.8) is 0 Å². The number of hydrogen-bond donors (Lipinski definition) is 1. The van der Waals surface area contributed by atoms with Gasteiger partial charge in [0.15, 0.2) is 0 Å². The summed E-state index contributed by atoms with van der Waals surface area (Å²) in [6.45, 7) is 4.44. The van der Waals surface area contributed by atoms with Crippen molar-refractivity contribution in [3.8, 4) is 0 Å². The van der Waals surface area contributed by atoms with Crippen molar-refractivity contribution in [1.82, 2.24) is 15.1 Å². The number of aryl methyl sites for hydroxylation is 2. The lowest BCUT2D eigenvalue weighted by molar-refractivity contribution is -0.122. The molecule has 0 spiro atoms. The third kappa shape index (κ3) is 3.76. The second kappa shape index (κ2) is 7.30. The summed E-state index contributed by atoms with van der Waals surface area (Å²) in [5.74, 6) is -0.0414. The highest BCUT2D eigenvalue weighted by Gasteiger charge is 2.12. The second-order valence-corrected chi connectivity index (χ2v) is 6.14. The Bertz CT molecular complexity index is 962. The number of nitrogens with zero attached hydrogens (tertiary/aromatic N) is 2. The molecular weight excluding hydrogens is 314 g/mol. The van der Waals surface area contributed by atoms with Gasteiger partial charge in [0, 0.05) is 11.8 Å². The molecule has 5 nitrogen and oxygen atoms in total. The molecule has 0 radical (unpaired) electrons. The molecule has 3 aromatic rings. The molecular formula is C20H21N3O2. The van der Waals surface area contributed by atoms with Gasteiger partial charge in [-0.05, 0) is 37.1 Å². The Hall–Kier alpha value is -2.95. The first-order valence-corrected chi connectivity index (χ1v) is 8.36. The van der Waals surface area contributed by atoms with Gasteiger partial charge in [-0.1, -0.05) is 36.4 Å². The molecule has 1 atom stereocenters. The van der Waals surface area contributed by atoms with Crippen LogP contribution in [0.5, 0.6) is 0 Å². The van der Waals surface area contributed by atoms with Gasteiger partial charge >= 0.3 is 0 Å². The molecule has 0 aliphatic heterocycles. The van der Waals surface area contributed by atoms with E-state index < -0.39 is 0 Å². The smallest absolute Gasteiger partial charge is 0.222 e. The summed E-state index contributed by atoms with van der Waals surface area (Å²) in [4.78, 5) is 24.1. The minimum absolute atomic E-state index is 0.0414. The van der Waals surface area contributed by atoms with Gasteiger partial charge in [-0.2, -0.15) is 5.10 Å². The fourth-order valence-electron chi connectivity index (χ4n) is 3.01. The van der Waals surface area contributed by atoms with E-state index in [4.69, 9.17) is 0 Å². The zero-order valence-electron chi connectivity index (χ0n) is 14.4. The number of carbonyl (C=O) groups is 1. The van der Waals surface area contributed by atoms with Crippen LogP contribution in [0.25, 0.3) is 10.9 Å². The average Bonchev–Trinajstić information content (AvgIpc) is 2.61. The second-order valence-electron chi connectivity index (χ2n) is 6.14. The van der Waals surface area contributed by atoms with Crippen LogP contribution in [0.1, 0.15) is 30.5 Å². The van der Waals surface area contributed by atoms with Gasteiger partial charge in [-0.25, -0.2) is 0 Å². The number of amides is 1. The molecule has 25 heavy (non-hydrogen) atoms. The molecule has 1 N–H and O–H groups in total. The molecule has 0 aliphatic rings. The molecule has 1 unspecified atom stereocenters. The topological polar surface area (TPSA) is 64.0 Å². The Kier molecular flexibility index (Phi) is 4.93. The summed E-state index contributed by atoms with van der Waals surface area (Å²) >= 11 is 0. The van der Waals surface area contributed by atoms with E-state index in [1.165, 1.54) is 6.20 Å². The van der Waals surface area contributed by atoms with E-state index in [0.717, 1.165) is 16.6 Å². The first-order valence-electron chi connectivity index (χ1n) is 8.36. The van der Waals surface area contributed by atoms with E-state index in [0.29, 0.717) is 18.4 Å². The molecule has 0 saturated heterocycles. The fourth-order valence-corrected chi connectivity index (χ4v) is 3.01. The number of aromatic nitrogens is 2. The van der Waals surface area contributed by atoms with Crippen molar-refractivity contribution in [3.05, 3.63) is 76.1 Å². The zero-order valence-corrected chi connectivity index (χ0v) is 14.4. The van der Waals surface area contributed by atoms with Crippen molar-refractivity contribution in [1.29, 1.82) is 0 Å². The third-order valence-corrected chi connectivity index (χ3v) is 4.35. The number of para-hydroxylation sites is 1. The molecule has 0 bridgehead atoms. The largest absolute Gasteiger partial charge is 0.350 e. The lowest BCUT2D eigenvalue weighted by Gasteiger charge is -2.17. The van der Waals surface area contributed by atoms with Crippen LogP contribution in [0, 0.1) is 6.92 Å². The molecule has 0 fully saturated rings. The number of hydrogen-bond acceptors (Lipinski definition) is 3. The number of fused-ring (bicyclic) bond motifs is 1. The maximum atomic E-state index is 12.3. The summed E-state index contributed by atoms with van der Waals surface area (Å²) in [6.07, 6.45) is 1.60. The normalized spacial score (nSPS) is 12.1. The SMILES string of the molecule is Cc1ccccc1C(C)NC(=O)CCn1ncc(=O)c2ccccc21. The van der Waals surface area contributed by atoms with E-state index in [2.05, 4.69) is 10.4 Å². The van der Waals surface area contributed by atoms with Crippen molar-refractivity contribution in [2.24, 2.45) is 0 Å². The van der Waals surface area contributed by atoms with Gasteiger partial charge in [0.1, 0.15) is 0 Å². The lowest BCUT2D eigenvalue weighted by Crippen LogP contribution is -2.28. The maximum Gasteiger partial charge on any atom is 0.222 e. The predicted molar refractivity (Wildman–Crippen MR) is 98.4 cm³/mol. The Balaban J connectivity index is 1.68.